The Morgan fingerprint density at radius 3 is 3.05 bits per heavy atom. The fraction of sp³-hybridized carbons (Fsp3) is 0.412. The molecule has 0 radical (unpaired) electrons. The third-order valence-electron chi connectivity index (χ3n) is 3.76. The molecule has 1 aromatic carbocycles. The minimum Gasteiger partial charge on any atom is -0.487 e. The summed E-state index contributed by atoms with van der Waals surface area (Å²) in [5.41, 5.74) is 0.783. The van der Waals surface area contributed by atoms with E-state index in [0.29, 0.717) is 12.8 Å². The number of nitrogens with one attached hydrogen (secondary N) is 1. The number of hydrogen-bond acceptors (Lipinski definition) is 4. The highest BCUT2D eigenvalue weighted by Gasteiger charge is 2.34. The van der Waals surface area contributed by atoms with E-state index in [1.807, 2.05) is 29.6 Å². The van der Waals surface area contributed by atoms with Crippen LogP contribution in [-0.2, 0) is 11.2 Å². The summed E-state index contributed by atoms with van der Waals surface area (Å²) >= 11 is 1.59. The van der Waals surface area contributed by atoms with Gasteiger partial charge in [0, 0.05) is 36.4 Å². The number of aryl methyl sites for hydroxylation is 1. The summed E-state index contributed by atoms with van der Waals surface area (Å²) in [7, 11) is 0. The number of nitrogens with zero attached hydrogens (tertiary/aromatic N) is 1. The average molecular weight is 316 g/mol. The van der Waals surface area contributed by atoms with Crippen molar-refractivity contribution in [3.8, 4) is 5.75 Å². The lowest BCUT2D eigenvalue weighted by Gasteiger charge is -2.37. The monoisotopic (exact) mass is 316 g/mol. The SMILES string of the molecule is CC1(C)CC(NC(=O)CCc2nccs2)c2ccccc2O1. The molecule has 1 aromatic heterocycles. The number of carbonyl (C=O) groups is 1. The van der Waals surface area contributed by atoms with Crippen LogP contribution in [0.15, 0.2) is 35.8 Å². The molecule has 0 aliphatic carbocycles. The first-order valence-corrected chi connectivity index (χ1v) is 8.37. The highest BCUT2D eigenvalue weighted by Crippen LogP contribution is 2.39. The van der Waals surface area contributed by atoms with Gasteiger partial charge in [-0.1, -0.05) is 18.2 Å². The second-order valence-corrected chi connectivity index (χ2v) is 7.13. The van der Waals surface area contributed by atoms with Crippen molar-refractivity contribution in [2.24, 2.45) is 0 Å². The van der Waals surface area contributed by atoms with Gasteiger partial charge in [-0.05, 0) is 19.9 Å². The zero-order chi connectivity index (χ0) is 15.6. The fourth-order valence-corrected chi connectivity index (χ4v) is 3.41. The van der Waals surface area contributed by atoms with Gasteiger partial charge >= 0.3 is 0 Å². The Bertz CT molecular complexity index is 652. The zero-order valence-corrected chi connectivity index (χ0v) is 13.7. The van der Waals surface area contributed by atoms with Gasteiger partial charge in [-0.15, -0.1) is 11.3 Å². The Morgan fingerprint density at radius 2 is 2.27 bits per heavy atom. The van der Waals surface area contributed by atoms with E-state index in [0.717, 1.165) is 22.7 Å². The van der Waals surface area contributed by atoms with Crippen molar-refractivity contribution >= 4 is 17.2 Å². The van der Waals surface area contributed by atoms with Gasteiger partial charge in [-0.25, -0.2) is 4.98 Å². The average Bonchev–Trinajstić information content (AvgIpc) is 2.97. The van der Waals surface area contributed by atoms with E-state index in [-0.39, 0.29) is 17.6 Å². The molecule has 0 bridgehead atoms. The maximum Gasteiger partial charge on any atom is 0.220 e. The Kier molecular flexibility index (Phi) is 4.16. The van der Waals surface area contributed by atoms with Crippen LogP contribution >= 0.6 is 11.3 Å². The molecule has 0 saturated carbocycles. The first-order chi connectivity index (χ1) is 10.5. The predicted molar refractivity (Wildman–Crippen MR) is 87.1 cm³/mol. The molecule has 3 rings (SSSR count). The molecule has 2 aromatic rings. The molecular weight excluding hydrogens is 296 g/mol. The van der Waals surface area contributed by atoms with Crippen molar-refractivity contribution in [2.75, 3.05) is 0 Å². The van der Waals surface area contributed by atoms with Crippen molar-refractivity contribution < 1.29 is 9.53 Å². The third-order valence-corrected chi connectivity index (χ3v) is 4.60. The van der Waals surface area contributed by atoms with Gasteiger partial charge in [0.2, 0.25) is 5.91 Å². The molecular formula is C17H20N2O2S. The normalized spacial score (nSPS) is 19.1. The molecule has 5 heteroatoms. The Balaban J connectivity index is 1.67. The minimum atomic E-state index is -0.276. The largest absolute Gasteiger partial charge is 0.487 e. The number of benzene rings is 1. The number of carbonyl (C=O) groups excluding carboxylic acids is 1. The maximum atomic E-state index is 12.3. The Morgan fingerprint density at radius 1 is 1.45 bits per heavy atom. The smallest absolute Gasteiger partial charge is 0.220 e. The molecule has 1 N–H and O–H groups in total. The molecule has 0 fully saturated rings. The zero-order valence-electron chi connectivity index (χ0n) is 12.8. The molecule has 1 atom stereocenters. The summed E-state index contributed by atoms with van der Waals surface area (Å²) in [5, 5.41) is 6.09. The lowest BCUT2D eigenvalue weighted by atomic mass is 9.89. The van der Waals surface area contributed by atoms with Crippen LogP contribution in [0.2, 0.25) is 0 Å². The number of amides is 1. The molecule has 1 aliphatic rings. The predicted octanol–water partition coefficient (Wildman–Crippen LogP) is 3.49. The highest BCUT2D eigenvalue weighted by molar-refractivity contribution is 7.09. The topological polar surface area (TPSA) is 51.2 Å². The van der Waals surface area contributed by atoms with E-state index < -0.39 is 0 Å². The van der Waals surface area contributed by atoms with E-state index >= 15 is 0 Å². The Labute approximate surface area is 134 Å². The number of thiazole rings is 1. The first kappa shape index (κ1) is 15.0. The lowest BCUT2D eigenvalue weighted by Crippen LogP contribution is -2.41. The van der Waals surface area contributed by atoms with Crippen LogP contribution in [0.1, 0.15) is 43.3 Å². The van der Waals surface area contributed by atoms with Crippen LogP contribution in [0, 0.1) is 0 Å². The van der Waals surface area contributed by atoms with Gasteiger partial charge in [-0.2, -0.15) is 0 Å². The standard InChI is InChI=1S/C17H20N2O2S/c1-17(2)11-13(12-5-3-4-6-14(12)21-17)19-15(20)7-8-16-18-9-10-22-16/h3-6,9-10,13H,7-8,11H2,1-2H3,(H,19,20). The van der Waals surface area contributed by atoms with Crippen LogP contribution in [0.4, 0.5) is 0 Å². The van der Waals surface area contributed by atoms with E-state index in [2.05, 4.69) is 24.1 Å². The van der Waals surface area contributed by atoms with Crippen molar-refractivity contribution in [2.45, 2.75) is 44.8 Å². The summed E-state index contributed by atoms with van der Waals surface area (Å²) in [4.78, 5) is 16.5. The second-order valence-electron chi connectivity index (χ2n) is 6.15. The van der Waals surface area contributed by atoms with E-state index in [1.54, 1.807) is 17.5 Å². The summed E-state index contributed by atoms with van der Waals surface area (Å²) in [6, 6.07) is 7.93. The molecule has 22 heavy (non-hydrogen) atoms. The second kappa shape index (κ2) is 6.08. The summed E-state index contributed by atoms with van der Waals surface area (Å²) < 4.78 is 5.99. The molecule has 1 aliphatic heterocycles. The molecule has 4 nitrogen and oxygen atoms in total. The van der Waals surface area contributed by atoms with E-state index in [4.69, 9.17) is 4.74 Å². The first-order valence-electron chi connectivity index (χ1n) is 7.49. The van der Waals surface area contributed by atoms with Gasteiger partial charge in [0.25, 0.3) is 0 Å². The summed E-state index contributed by atoms with van der Waals surface area (Å²) in [6.45, 7) is 4.11. The van der Waals surface area contributed by atoms with Gasteiger partial charge in [0.1, 0.15) is 11.4 Å². The maximum absolute atomic E-state index is 12.3. The number of rotatable bonds is 4. The van der Waals surface area contributed by atoms with Crippen LogP contribution in [0.3, 0.4) is 0 Å². The van der Waals surface area contributed by atoms with Crippen molar-refractivity contribution in [3.05, 3.63) is 46.4 Å². The quantitative estimate of drug-likeness (QED) is 0.939. The fourth-order valence-electron chi connectivity index (χ4n) is 2.79. The van der Waals surface area contributed by atoms with E-state index in [9.17, 15) is 4.79 Å². The number of aromatic nitrogens is 1. The number of ether oxygens (including phenoxy) is 1. The van der Waals surface area contributed by atoms with Crippen LogP contribution < -0.4 is 10.1 Å². The van der Waals surface area contributed by atoms with Crippen LogP contribution in [0.25, 0.3) is 0 Å². The minimum absolute atomic E-state index is 0.00347. The van der Waals surface area contributed by atoms with Crippen molar-refractivity contribution in [1.29, 1.82) is 0 Å². The number of para-hydroxylation sites is 1. The van der Waals surface area contributed by atoms with Crippen LogP contribution in [-0.4, -0.2) is 16.5 Å². The number of fused-ring (bicyclic) bond motifs is 1. The molecule has 116 valence electrons. The molecule has 1 amide bonds. The molecule has 0 spiro atoms. The molecule has 2 heterocycles. The van der Waals surface area contributed by atoms with Gasteiger partial charge < -0.3 is 10.1 Å². The third kappa shape index (κ3) is 3.47. The van der Waals surface area contributed by atoms with Gasteiger partial charge in [0.05, 0.1) is 11.0 Å². The van der Waals surface area contributed by atoms with Crippen molar-refractivity contribution in [3.63, 3.8) is 0 Å². The molecule has 1 unspecified atom stereocenters. The summed E-state index contributed by atoms with van der Waals surface area (Å²) in [6.07, 6.45) is 3.70. The summed E-state index contributed by atoms with van der Waals surface area (Å²) in [5.74, 6) is 0.927. The highest BCUT2D eigenvalue weighted by atomic mass is 32.1. The van der Waals surface area contributed by atoms with Gasteiger partial charge in [0.15, 0.2) is 0 Å². The molecule has 0 saturated heterocycles. The van der Waals surface area contributed by atoms with Crippen molar-refractivity contribution in [1.82, 2.24) is 10.3 Å². The number of hydrogen-bond donors (Lipinski definition) is 1. The van der Waals surface area contributed by atoms with Crippen LogP contribution in [0.5, 0.6) is 5.75 Å². The lowest BCUT2D eigenvalue weighted by molar-refractivity contribution is -0.122. The van der Waals surface area contributed by atoms with Gasteiger partial charge in [-0.3, -0.25) is 4.79 Å². The Hall–Kier alpha value is -1.88. The van der Waals surface area contributed by atoms with E-state index in [1.165, 1.54) is 0 Å².